The first-order valence-corrected chi connectivity index (χ1v) is 10.9. The molecule has 0 aliphatic carbocycles. The van der Waals surface area contributed by atoms with Crippen LogP contribution >= 0.6 is 27.7 Å². The summed E-state index contributed by atoms with van der Waals surface area (Å²) < 4.78 is 7.72. The van der Waals surface area contributed by atoms with Gasteiger partial charge in [0.15, 0.2) is 5.16 Å². The Labute approximate surface area is 181 Å². The Kier molecular flexibility index (Phi) is 7.46. The minimum atomic E-state index is -0.150. The van der Waals surface area contributed by atoms with Gasteiger partial charge in [-0.2, -0.15) is 0 Å². The normalized spacial score (nSPS) is 11.0. The average Bonchev–Trinajstić information content (AvgIpc) is 2.71. The minimum Gasteiger partial charge on any atom is -0.385 e. The third-order valence-electron chi connectivity index (χ3n) is 4.33. The van der Waals surface area contributed by atoms with Gasteiger partial charge >= 0.3 is 0 Å². The van der Waals surface area contributed by atoms with Crippen LogP contribution in [0.5, 0.6) is 0 Å². The number of rotatable bonds is 8. The number of aryl methyl sites for hydroxylation is 1. The second-order valence-corrected chi connectivity index (χ2v) is 8.31. The molecule has 0 radical (unpaired) electrons. The SMILES string of the molecule is COCCCn1c(SCC(=O)Nc2ccc(Br)c(C)c2)nc2ccccc2c1=O. The summed E-state index contributed by atoms with van der Waals surface area (Å²) in [6.45, 7) is 3.00. The zero-order valence-electron chi connectivity index (χ0n) is 16.3. The van der Waals surface area contributed by atoms with Gasteiger partial charge in [0.1, 0.15) is 0 Å². The average molecular weight is 476 g/mol. The highest BCUT2D eigenvalue weighted by atomic mass is 79.9. The van der Waals surface area contributed by atoms with Crippen LogP contribution < -0.4 is 10.9 Å². The number of thioether (sulfide) groups is 1. The van der Waals surface area contributed by atoms with Gasteiger partial charge in [-0.15, -0.1) is 0 Å². The first kappa shape index (κ1) is 21.5. The van der Waals surface area contributed by atoms with Gasteiger partial charge in [-0.05, 0) is 49.2 Å². The number of aromatic nitrogens is 2. The van der Waals surface area contributed by atoms with E-state index in [-0.39, 0.29) is 17.2 Å². The van der Waals surface area contributed by atoms with Gasteiger partial charge in [-0.1, -0.05) is 39.8 Å². The number of anilines is 1. The summed E-state index contributed by atoms with van der Waals surface area (Å²) in [6.07, 6.45) is 0.689. The molecule has 2 aromatic carbocycles. The molecule has 1 aromatic heterocycles. The van der Waals surface area contributed by atoms with Crippen molar-refractivity contribution in [3.63, 3.8) is 0 Å². The van der Waals surface area contributed by atoms with Crippen LogP contribution in [0.4, 0.5) is 5.69 Å². The van der Waals surface area contributed by atoms with Crippen molar-refractivity contribution in [3.05, 3.63) is 62.9 Å². The highest BCUT2D eigenvalue weighted by Gasteiger charge is 2.13. The maximum Gasteiger partial charge on any atom is 0.262 e. The Hall–Kier alpha value is -2.16. The van der Waals surface area contributed by atoms with Crippen LogP contribution in [0, 0.1) is 6.92 Å². The van der Waals surface area contributed by atoms with Crippen LogP contribution in [0.2, 0.25) is 0 Å². The number of nitrogens with one attached hydrogen (secondary N) is 1. The number of hydrogen-bond acceptors (Lipinski definition) is 5. The molecule has 0 aliphatic rings. The fourth-order valence-electron chi connectivity index (χ4n) is 2.87. The summed E-state index contributed by atoms with van der Waals surface area (Å²) >= 11 is 4.71. The molecule has 0 aliphatic heterocycles. The van der Waals surface area contributed by atoms with Crippen molar-refractivity contribution in [1.29, 1.82) is 0 Å². The lowest BCUT2D eigenvalue weighted by Gasteiger charge is -2.13. The topological polar surface area (TPSA) is 73.2 Å². The zero-order valence-corrected chi connectivity index (χ0v) is 18.7. The van der Waals surface area contributed by atoms with Crippen molar-refractivity contribution < 1.29 is 9.53 Å². The Morgan fingerprint density at radius 1 is 1.28 bits per heavy atom. The summed E-state index contributed by atoms with van der Waals surface area (Å²) in [5.41, 5.74) is 2.31. The molecule has 0 bridgehead atoms. The molecule has 1 N–H and O–H groups in total. The molecule has 8 heteroatoms. The van der Waals surface area contributed by atoms with Crippen molar-refractivity contribution in [3.8, 4) is 0 Å². The highest BCUT2D eigenvalue weighted by Crippen LogP contribution is 2.21. The van der Waals surface area contributed by atoms with Crippen molar-refractivity contribution in [2.45, 2.75) is 25.0 Å². The van der Waals surface area contributed by atoms with Gasteiger partial charge in [0.05, 0.1) is 16.7 Å². The fourth-order valence-corrected chi connectivity index (χ4v) is 3.94. The third kappa shape index (κ3) is 5.46. The van der Waals surface area contributed by atoms with Gasteiger partial charge < -0.3 is 10.1 Å². The zero-order chi connectivity index (χ0) is 20.8. The number of para-hydroxylation sites is 1. The van der Waals surface area contributed by atoms with Gasteiger partial charge in [-0.3, -0.25) is 14.2 Å². The second-order valence-electron chi connectivity index (χ2n) is 6.52. The summed E-state index contributed by atoms with van der Waals surface area (Å²) in [5, 5.41) is 4.00. The number of halogens is 1. The molecule has 0 saturated heterocycles. The van der Waals surface area contributed by atoms with Crippen molar-refractivity contribution in [2.24, 2.45) is 0 Å². The van der Waals surface area contributed by atoms with Crippen LogP contribution in [-0.4, -0.2) is 34.9 Å². The quantitative estimate of drug-likeness (QED) is 0.299. The predicted octanol–water partition coefficient (Wildman–Crippen LogP) is 4.23. The molecule has 0 spiro atoms. The number of carbonyl (C=O) groups excluding carboxylic acids is 1. The monoisotopic (exact) mass is 475 g/mol. The van der Waals surface area contributed by atoms with Crippen LogP contribution in [-0.2, 0) is 16.1 Å². The van der Waals surface area contributed by atoms with E-state index in [4.69, 9.17) is 4.74 Å². The van der Waals surface area contributed by atoms with Gasteiger partial charge in [0.25, 0.3) is 5.56 Å². The molecule has 6 nitrogen and oxygen atoms in total. The Bertz CT molecular complexity index is 1080. The van der Waals surface area contributed by atoms with Gasteiger partial charge in [0, 0.05) is 30.4 Å². The molecule has 0 atom stereocenters. The highest BCUT2D eigenvalue weighted by molar-refractivity contribution is 9.10. The molecule has 0 fully saturated rings. The molecule has 0 saturated carbocycles. The van der Waals surface area contributed by atoms with Crippen LogP contribution in [0.15, 0.2) is 56.9 Å². The molecule has 0 unspecified atom stereocenters. The number of ether oxygens (including phenoxy) is 1. The molecule has 1 amide bonds. The lowest BCUT2D eigenvalue weighted by molar-refractivity contribution is -0.113. The van der Waals surface area contributed by atoms with Gasteiger partial charge in [0.2, 0.25) is 5.91 Å². The Balaban J connectivity index is 1.78. The van der Waals surface area contributed by atoms with E-state index in [0.29, 0.717) is 35.6 Å². The first-order chi connectivity index (χ1) is 14.0. The molecular formula is C21H22BrN3O3S. The molecule has 3 rings (SSSR count). The van der Waals surface area contributed by atoms with Crippen molar-refractivity contribution >= 4 is 50.2 Å². The van der Waals surface area contributed by atoms with Gasteiger partial charge in [-0.25, -0.2) is 4.98 Å². The molecular weight excluding hydrogens is 454 g/mol. The van der Waals surface area contributed by atoms with Crippen molar-refractivity contribution in [1.82, 2.24) is 9.55 Å². The summed E-state index contributed by atoms with van der Waals surface area (Å²) in [4.78, 5) is 30.0. The third-order valence-corrected chi connectivity index (χ3v) is 6.20. The minimum absolute atomic E-state index is 0.0989. The lowest BCUT2D eigenvalue weighted by Crippen LogP contribution is -2.25. The summed E-state index contributed by atoms with van der Waals surface area (Å²) in [6, 6.07) is 12.9. The number of carbonyl (C=O) groups is 1. The number of hydrogen-bond donors (Lipinski definition) is 1. The second kappa shape index (κ2) is 10.0. The van der Waals surface area contributed by atoms with Crippen LogP contribution in [0.1, 0.15) is 12.0 Å². The Morgan fingerprint density at radius 2 is 2.07 bits per heavy atom. The van der Waals surface area contributed by atoms with E-state index in [1.54, 1.807) is 17.7 Å². The molecule has 152 valence electrons. The molecule has 3 aromatic rings. The van der Waals surface area contributed by atoms with E-state index < -0.39 is 0 Å². The summed E-state index contributed by atoms with van der Waals surface area (Å²) in [7, 11) is 1.63. The molecule has 29 heavy (non-hydrogen) atoms. The predicted molar refractivity (Wildman–Crippen MR) is 121 cm³/mol. The molecule has 1 heterocycles. The lowest BCUT2D eigenvalue weighted by atomic mass is 10.2. The number of fused-ring (bicyclic) bond motifs is 1. The largest absolute Gasteiger partial charge is 0.385 e. The van der Waals surface area contributed by atoms with Crippen LogP contribution in [0.25, 0.3) is 10.9 Å². The number of nitrogens with zero attached hydrogens (tertiary/aromatic N) is 2. The van der Waals surface area contributed by atoms with E-state index in [9.17, 15) is 9.59 Å². The Morgan fingerprint density at radius 3 is 2.83 bits per heavy atom. The van der Waals surface area contributed by atoms with E-state index in [0.717, 1.165) is 15.7 Å². The number of amides is 1. The van der Waals surface area contributed by atoms with E-state index >= 15 is 0 Å². The maximum absolute atomic E-state index is 12.9. The number of methoxy groups -OCH3 is 1. The standard InChI is InChI=1S/C21H22BrN3O3S/c1-14-12-15(8-9-17(14)22)23-19(26)13-29-21-24-18-7-4-3-6-16(18)20(27)25(21)10-5-11-28-2/h3-4,6-9,12H,5,10-11,13H2,1-2H3,(H,23,26). The maximum atomic E-state index is 12.9. The van der Waals surface area contributed by atoms with Crippen LogP contribution in [0.3, 0.4) is 0 Å². The van der Waals surface area contributed by atoms with E-state index in [1.807, 2.05) is 43.3 Å². The summed E-state index contributed by atoms with van der Waals surface area (Å²) in [5.74, 6) is 0.00652. The smallest absolute Gasteiger partial charge is 0.262 e. The van der Waals surface area contributed by atoms with E-state index in [1.165, 1.54) is 11.8 Å². The van der Waals surface area contributed by atoms with Crippen molar-refractivity contribution in [2.75, 3.05) is 24.8 Å². The fraction of sp³-hybridized carbons (Fsp3) is 0.286. The number of benzene rings is 2. The van der Waals surface area contributed by atoms with E-state index in [2.05, 4.69) is 26.2 Å². The first-order valence-electron chi connectivity index (χ1n) is 9.17.